The number of anilines is 1. The fourth-order valence-electron chi connectivity index (χ4n) is 1.67. The van der Waals surface area contributed by atoms with E-state index < -0.39 is 0 Å². The molecule has 1 N–H and O–H groups in total. The van der Waals surface area contributed by atoms with E-state index in [0.29, 0.717) is 5.95 Å². The summed E-state index contributed by atoms with van der Waals surface area (Å²) in [5.41, 5.74) is 1.65. The van der Waals surface area contributed by atoms with Gasteiger partial charge in [-0.05, 0) is 12.1 Å². The number of aromatic nitrogens is 5. The van der Waals surface area contributed by atoms with Gasteiger partial charge in [0, 0.05) is 25.5 Å². The third-order valence-corrected chi connectivity index (χ3v) is 2.57. The minimum atomic E-state index is 0.550. The molecule has 1 aromatic carbocycles. The van der Waals surface area contributed by atoms with E-state index in [4.69, 9.17) is 0 Å². The van der Waals surface area contributed by atoms with Crippen molar-refractivity contribution in [3.63, 3.8) is 0 Å². The Morgan fingerprint density at radius 2 is 2.00 bits per heavy atom. The Morgan fingerprint density at radius 3 is 2.83 bits per heavy atom. The van der Waals surface area contributed by atoms with Crippen LogP contribution >= 0.6 is 0 Å². The topological polar surface area (TPSA) is 68.5 Å². The van der Waals surface area contributed by atoms with Crippen LogP contribution in [0.5, 0.6) is 0 Å². The molecule has 0 aliphatic rings. The first-order chi connectivity index (χ1) is 8.92. The molecule has 90 valence electrons. The highest BCUT2D eigenvalue weighted by molar-refractivity contribution is 5.73. The third-order valence-electron chi connectivity index (χ3n) is 2.57. The summed E-state index contributed by atoms with van der Waals surface area (Å²) in [5.74, 6) is 0.550. The lowest BCUT2D eigenvalue weighted by molar-refractivity contribution is 0.722. The van der Waals surface area contributed by atoms with E-state index in [2.05, 4.69) is 25.5 Å². The zero-order valence-electron chi connectivity index (χ0n) is 9.69. The SMILES string of the molecule is c1ccc2nc(NCCn3ccnc3)nnc2c1. The average molecular weight is 240 g/mol. The van der Waals surface area contributed by atoms with Crippen molar-refractivity contribution in [3.05, 3.63) is 43.0 Å². The number of fused-ring (bicyclic) bond motifs is 1. The molecule has 0 aliphatic carbocycles. The van der Waals surface area contributed by atoms with E-state index in [-0.39, 0.29) is 0 Å². The molecule has 0 aliphatic heterocycles. The summed E-state index contributed by atoms with van der Waals surface area (Å²) in [5, 5.41) is 11.3. The van der Waals surface area contributed by atoms with Gasteiger partial charge in [-0.15, -0.1) is 10.2 Å². The second kappa shape index (κ2) is 4.79. The minimum absolute atomic E-state index is 0.550. The van der Waals surface area contributed by atoms with Crippen LogP contribution in [0.3, 0.4) is 0 Å². The van der Waals surface area contributed by atoms with Gasteiger partial charge in [-0.1, -0.05) is 12.1 Å². The van der Waals surface area contributed by atoms with Crippen LogP contribution < -0.4 is 5.32 Å². The zero-order valence-corrected chi connectivity index (χ0v) is 9.69. The number of rotatable bonds is 4. The number of imidazole rings is 1. The molecule has 0 fully saturated rings. The molecule has 0 saturated carbocycles. The number of hydrogen-bond acceptors (Lipinski definition) is 5. The molecule has 6 heteroatoms. The van der Waals surface area contributed by atoms with E-state index in [0.717, 1.165) is 24.1 Å². The first kappa shape index (κ1) is 10.6. The molecular weight excluding hydrogens is 228 g/mol. The fraction of sp³-hybridized carbons (Fsp3) is 0.167. The Bertz CT molecular complexity index is 634. The van der Waals surface area contributed by atoms with Gasteiger partial charge >= 0.3 is 0 Å². The summed E-state index contributed by atoms with van der Waals surface area (Å²) in [6.07, 6.45) is 5.45. The highest BCUT2D eigenvalue weighted by atomic mass is 15.2. The van der Waals surface area contributed by atoms with Crippen molar-refractivity contribution in [1.29, 1.82) is 0 Å². The Labute approximate surface area is 104 Å². The molecule has 0 radical (unpaired) electrons. The van der Waals surface area contributed by atoms with Gasteiger partial charge in [0.05, 0.1) is 11.8 Å². The molecule has 3 aromatic rings. The lowest BCUT2D eigenvalue weighted by atomic mass is 10.3. The summed E-state index contributed by atoms with van der Waals surface area (Å²) in [6, 6.07) is 7.67. The molecule has 0 spiro atoms. The van der Waals surface area contributed by atoms with Gasteiger partial charge in [0.2, 0.25) is 5.95 Å². The predicted octanol–water partition coefficient (Wildman–Crippen LogP) is 1.33. The van der Waals surface area contributed by atoms with Gasteiger partial charge in [0.1, 0.15) is 5.52 Å². The van der Waals surface area contributed by atoms with Gasteiger partial charge in [-0.3, -0.25) is 0 Å². The van der Waals surface area contributed by atoms with Crippen molar-refractivity contribution in [2.24, 2.45) is 0 Å². The van der Waals surface area contributed by atoms with Crippen LogP contribution in [-0.4, -0.2) is 31.3 Å². The van der Waals surface area contributed by atoms with Crippen LogP contribution in [0, 0.1) is 0 Å². The molecule has 0 saturated heterocycles. The van der Waals surface area contributed by atoms with Crippen LogP contribution in [0.15, 0.2) is 43.0 Å². The molecule has 2 heterocycles. The second-order valence-electron chi connectivity index (χ2n) is 3.85. The summed E-state index contributed by atoms with van der Waals surface area (Å²) in [4.78, 5) is 8.36. The molecule has 2 aromatic heterocycles. The van der Waals surface area contributed by atoms with Crippen molar-refractivity contribution >= 4 is 17.0 Å². The Morgan fingerprint density at radius 1 is 1.11 bits per heavy atom. The van der Waals surface area contributed by atoms with Crippen molar-refractivity contribution in [2.45, 2.75) is 6.54 Å². The molecule has 3 rings (SSSR count). The van der Waals surface area contributed by atoms with Crippen molar-refractivity contribution in [3.8, 4) is 0 Å². The molecule has 0 atom stereocenters. The quantitative estimate of drug-likeness (QED) is 0.745. The average Bonchev–Trinajstić information content (AvgIpc) is 2.92. The highest BCUT2D eigenvalue weighted by Crippen LogP contribution is 2.08. The van der Waals surface area contributed by atoms with Gasteiger partial charge in [-0.2, -0.15) is 0 Å². The standard InChI is InChI=1S/C12H12N6/c1-2-4-11-10(3-1)15-12(17-16-11)14-6-8-18-7-5-13-9-18/h1-5,7,9H,6,8H2,(H,14,15,17). The number of para-hydroxylation sites is 1. The maximum atomic E-state index is 4.38. The molecular formula is C12H12N6. The maximum absolute atomic E-state index is 4.38. The van der Waals surface area contributed by atoms with Crippen molar-refractivity contribution in [1.82, 2.24) is 24.7 Å². The second-order valence-corrected chi connectivity index (χ2v) is 3.85. The zero-order chi connectivity index (χ0) is 12.2. The normalized spacial score (nSPS) is 10.7. The van der Waals surface area contributed by atoms with E-state index in [9.17, 15) is 0 Å². The van der Waals surface area contributed by atoms with Gasteiger partial charge < -0.3 is 9.88 Å². The Hall–Kier alpha value is -2.50. The van der Waals surface area contributed by atoms with Crippen LogP contribution in [0.4, 0.5) is 5.95 Å². The summed E-state index contributed by atoms with van der Waals surface area (Å²) in [7, 11) is 0. The fourth-order valence-corrected chi connectivity index (χ4v) is 1.67. The first-order valence-corrected chi connectivity index (χ1v) is 5.71. The molecule has 6 nitrogen and oxygen atoms in total. The number of nitrogens with one attached hydrogen (secondary N) is 1. The number of hydrogen-bond donors (Lipinski definition) is 1. The smallest absolute Gasteiger partial charge is 0.243 e. The van der Waals surface area contributed by atoms with Crippen LogP contribution in [-0.2, 0) is 6.54 Å². The summed E-state index contributed by atoms with van der Waals surface area (Å²) >= 11 is 0. The van der Waals surface area contributed by atoms with E-state index in [1.807, 2.05) is 35.0 Å². The largest absolute Gasteiger partial charge is 0.351 e. The molecule has 0 amide bonds. The maximum Gasteiger partial charge on any atom is 0.243 e. The van der Waals surface area contributed by atoms with Crippen LogP contribution in [0.25, 0.3) is 11.0 Å². The lowest BCUT2D eigenvalue weighted by Crippen LogP contribution is -2.11. The number of nitrogens with zero attached hydrogens (tertiary/aromatic N) is 5. The predicted molar refractivity (Wildman–Crippen MR) is 68.0 cm³/mol. The monoisotopic (exact) mass is 240 g/mol. The van der Waals surface area contributed by atoms with Crippen molar-refractivity contribution in [2.75, 3.05) is 11.9 Å². The highest BCUT2D eigenvalue weighted by Gasteiger charge is 1.99. The molecule has 0 bridgehead atoms. The van der Waals surface area contributed by atoms with Crippen LogP contribution in [0.2, 0.25) is 0 Å². The lowest BCUT2D eigenvalue weighted by Gasteiger charge is -2.05. The Kier molecular flexibility index (Phi) is 2.83. The third kappa shape index (κ3) is 2.27. The summed E-state index contributed by atoms with van der Waals surface area (Å²) < 4.78 is 1.99. The summed E-state index contributed by atoms with van der Waals surface area (Å²) in [6.45, 7) is 1.55. The van der Waals surface area contributed by atoms with Gasteiger partial charge in [-0.25, -0.2) is 9.97 Å². The van der Waals surface area contributed by atoms with Crippen molar-refractivity contribution < 1.29 is 0 Å². The van der Waals surface area contributed by atoms with E-state index in [1.54, 1.807) is 12.5 Å². The van der Waals surface area contributed by atoms with E-state index >= 15 is 0 Å². The number of benzene rings is 1. The molecule has 0 unspecified atom stereocenters. The molecule has 18 heavy (non-hydrogen) atoms. The first-order valence-electron chi connectivity index (χ1n) is 5.71. The van der Waals surface area contributed by atoms with Crippen LogP contribution in [0.1, 0.15) is 0 Å². The van der Waals surface area contributed by atoms with Gasteiger partial charge in [0.25, 0.3) is 0 Å². The van der Waals surface area contributed by atoms with Gasteiger partial charge in [0.15, 0.2) is 0 Å². The Balaban J connectivity index is 1.67. The van der Waals surface area contributed by atoms with E-state index in [1.165, 1.54) is 0 Å². The minimum Gasteiger partial charge on any atom is -0.351 e.